The van der Waals surface area contributed by atoms with Gasteiger partial charge in [0.25, 0.3) is 0 Å². The highest BCUT2D eigenvalue weighted by molar-refractivity contribution is 9.09. The lowest BCUT2D eigenvalue weighted by atomic mass is 10.6. The van der Waals surface area contributed by atoms with Gasteiger partial charge in [-0.3, -0.25) is 0 Å². The molecule has 0 fully saturated rings. The van der Waals surface area contributed by atoms with Crippen molar-refractivity contribution in [2.24, 2.45) is 0 Å². The predicted molar refractivity (Wildman–Crippen MR) is 34.0 cm³/mol. The number of hydrogen-bond donors (Lipinski definition) is 1. The van der Waals surface area contributed by atoms with E-state index in [-0.39, 0.29) is 0 Å². The first-order valence-corrected chi connectivity index (χ1v) is 4.30. The van der Waals surface area contributed by atoms with Gasteiger partial charge in [0.2, 0.25) is 0 Å². The molecule has 0 aliphatic heterocycles. The molecule has 0 saturated heterocycles. The Morgan fingerprint density at radius 2 is 2.29 bits per heavy atom. The Hall–Kier alpha value is 0.590. The number of hydrogen-bond acceptors (Lipinski definition) is 1. The SMILES string of the molecule is O=S(O)CCCBr. The van der Waals surface area contributed by atoms with Gasteiger partial charge < -0.3 is 4.55 Å². The smallest absolute Gasteiger partial charge is 0.152 e. The van der Waals surface area contributed by atoms with Crippen molar-refractivity contribution in [2.45, 2.75) is 6.42 Å². The van der Waals surface area contributed by atoms with E-state index in [4.69, 9.17) is 4.55 Å². The molecule has 0 aliphatic rings. The Kier molecular flexibility index (Phi) is 5.14. The minimum absolute atomic E-state index is 0.380. The van der Waals surface area contributed by atoms with Crippen LogP contribution in [0.15, 0.2) is 0 Å². The highest BCUT2D eigenvalue weighted by Gasteiger charge is 1.88. The predicted octanol–water partition coefficient (Wildman–Crippen LogP) is 0.993. The summed E-state index contributed by atoms with van der Waals surface area (Å²) in [5.41, 5.74) is 0. The number of alkyl halides is 1. The molecule has 0 aromatic rings. The molecule has 0 aromatic carbocycles. The van der Waals surface area contributed by atoms with E-state index in [1.54, 1.807) is 0 Å². The van der Waals surface area contributed by atoms with Crippen molar-refractivity contribution in [1.29, 1.82) is 0 Å². The summed E-state index contributed by atoms with van der Waals surface area (Å²) in [7, 11) is 0. The van der Waals surface area contributed by atoms with Crippen molar-refractivity contribution in [3.63, 3.8) is 0 Å². The van der Waals surface area contributed by atoms with Gasteiger partial charge in [-0.15, -0.1) is 0 Å². The molecule has 0 aliphatic carbocycles. The van der Waals surface area contributed by atoms with Gasteiger partial charge in [0.1, 0.15) is 0 Å². The molecule has 1 atom stereocenters. The van der Waals surface area contributed by atoms with Gasteiger partial charge in [-0.05, 0) is 6.42 Å². The third kappa shape index (κ3) is 6.59. The standard InChI is InChI=1S/C3H7BrO2S/c4-2-1-3-7(5)6/h1-3H2,(H,5,6). The third-order valence-corrected chi connectivity index (χ3v) is 1.65. The van der Waals surface area contributed by atoms with Crippen LogP contribution in [0.2, 0.25) is 0 Å². The zero-order valence-corrected chi connectivity index (χ0v) is 6.17. The van der Waals surface area contributed by atoms with E-state index in [9.17, 15) is 4.21 Å². The molecular formula is C3H7BrO2S. The van der Waals surface area contributed by atoms with Crippen molar-refractivity contribution in [2.75, 3.05) is 11.1 Å². The average Bonchev–Trinajstić information content (AvgIpc) is 1.61. The molecule has 1 unspecified atom stereocenters. The van der Waals surface area contributed by atoms with Gasteiger partial charge in [0.15, 0.2) is 11.1 Å². The number of halogens is 1. The lowest BCUT2D eigenvalue weighted by Gasteiger charge is -1.85. The monoisotopic (exact) mass is 186 g/mol. The van der Waals surface area contributed by atoms with Gasteiger partial charge in [0.05, 0.1) is 5.75 Å². The maximum atomic E-state index is 9.85. The summed E-state index contributed by atoms with van der Waals surface area (Å²) < 4.78 is 18.0. The maximum absolute atomic E-state index is 9.85. The van der Waals surface area contributed by atoms with Crippen LogP contribution in [-0.4, -0.2) is 19.8 Å². The van der Waals surface area contributed by atoms with Crippen LogP contribution in [0.1, 0.15) is 6.42 Å². The second-order valence-electron chi connectivity index (χ2n) is 1.07. The quantitative estimate of drug-likeness (QED) is 0.528. The average molecular weight is 187 g/mol. The second kappa shape index (κ2) is 4.74. The first-order valence-electron chi connectivity index (χ1n) is 1.91. The summed E-state index contributed by atoms with van der Waals surface area (Å²) in [5.74, 6) is 0.380. The normalized spacial score (nSPS) is 14.0. The summed E-state index contributed by atoms with van der Waals surface area (Å²) in [6.07, 6.45) is 0.767. The van der Waals surface area contributed by atoms with E-state index in [0.717, 1.165) is 11.8 Å². The molecule has 0 radical (unpaired) electrons. The van der Waals surface area contributed by atoms with Crippen LogP contribution in [0.4, 0.5) is 0 Å². The van der Waals surface area contributed by atoms with Crippen LogP contribution in [0.3, 0.4) is 0 Å². The summed E-state index contributed by atoms with van der Waals surface area (Å²) in [6, 6.07) is 0. The first-order chi connectivity index (χ1) is 3.27. The molecular weight excluding hydrogens is 180 g/mol. The van der Waals surface area contributed by atoms with Crippen molar-refractivity contribution in [3.05, 3.63) is 0 Å². The van der Waals surface area contributed by atoms with Crippen molar-refractivity contribution in [1.82, 2.24) is 0 Å². The Morgan fingerprint density at radius 1 is 1.71 bits per heavy atom. The molecule has 7 heavy (non-hydrogen) atoms. The fraction of sp³-hybridized carbons (Fsp3) is 1.00. The molecule has 0 rings (SSSR count). The third-order valence-electron chi connectivity index (χ3n) is 0.453. The van der Waals surface area contributed by atoms with Crippen molar-refractivity contribution >= 4 is 27.0 Å². The molecule has 0 heterocycles. The van der Waals surface area contributed by atoms with E-state index in [0.29, 0.717) is 5.75 Å². The zero-order valence-electron chi connectivity index (χ0n) is 3.76. The van der Waals surface area contributed by atoms with Gasteiger partial charge in [-0.2, -0.15) is 0 Å². The molecule has 44 valence electrons. The Bertz CT molecular complexity index is 66.0. The molecule has 1 N–H and O–H groups in total. The van der Waals surface area contributed by atoms with E-state index in [1.807, 2.05) is 0 Å². The molecule has 0 bridgehead atoms. The number of rotatable bonds is 3. The summed E-state index contributed by atoms with van der Waals surface area (Å²) in [6.45, 7) is 0. The van der Waals surface area contributed by atoms with E-state index in [1.165, 1.54) is 0 Å². The van der Waals surface area contributed by atoms with Crippen LogP contribution >= 0.6 is 15.9 Å². The lowest BCUT2D eigenvalue weighted by molar-refractivity contribution is 0.563. The zero-order chi connectivity index (χ0) is 5.70. The molecule has 2 nitrogen and oxygen atoms in total. The van der Waals surface area contributed by atoms with Crippen molar-refractivity contribution < 1.29 is 8.76 Å². The topological polar surface area (TPSA) is 37.3 Å². The molecule has 0 spiro atoms. The Balaban J connectivity index is 2.82. The van der Waals surface area contributed by atoms with Crippen LogP contribution in [0.5, 0.6) is 0 Å². The second-order valence-corrected chi connectivity index (χ2v) is 2.91. The highest BCUT2D eigenvalue weighted by Crippen LogP contribution is 1.87. The van der Waals surface area contributed by atoms with E-state index in [2.05, 4.69) is 15.9 Å². The maximum Gasteiger partial charge on any atom is 0.152 e. The van der Waals surface area contributed by atoms with E-state index >= 15 is 0 Å². The molecule has 0 saturated carbocycles. The molecule has 0 aromatic heterocycles. The van der Waals surface area contributed by atoms with Crippen LogP contribution in [0.25, 0.3) is 0 Å². The highest BCUT2D eigenvalue weighted by atomic mass is 79.9. The molecule has 4 heteroatoms. The lowest BCUT2D eigenvalue weighted by Crippen LogP contribution is -1.93. The van der Waals surface area contributed by atoms with Gasteiger partial charge in [-0.25, -0.2) is 4.21 Å². The van der Waals surface area contributed by atoms with Crippen molar-refractivity contribution in [3.8, 4) is 0 Å². The first kappa shape index (κ1) is 7.59. The summed E-state index contributed by atoms with van der Waals surface area (Å²) in [5, 5.41) is 0.805. The minimum atomic E-state index is -1.60. The van der Waals surface area contributed by atoms with Gasteiger partial charge >= 0.3 is 0 Å². The summed E-state index contributed by atoms with van der Waals surface area (Å²) in [4.78, 5) is 0. The largest absolute Gasteiger partial charge is 0.306 e. The minimum Gasteiger partial charge on any atom is -0.306 e. The van der Waals surface area contributed by atoms with Crippen LogP contribution in [-0.2, 0) is 11.1 Å². The van der Waals surface area contributed by atoms with Crippen LogP contribution < -0.4 is 0 Å². The summed E-state index contributed by atoms with van der Waals surface area (Å²) >= 11 is 1.54. The van der Waals surface area contributed by atoms with Gasteiger partial charge in [-0.1, -0.05) is 15.9 Å². The van der Waals surface area contributed by atoms with Gasteiger partial charge in [0, 0.05) is 5.33 Å². The Labute approximate surface area is 53.7 Å². The fourth-order valence-electron chi connectivity index (χ4n) is 0.178. The fourth-order valence-corrected chi connectivity index (χ4v) is 1.22. The van der Waals surface area contributed by atoms with Crippen LogP contribution in [0, 0.1) is 0 Å². The Morgan fingerprint density at radius 3 is 2.43 bits per heavy atom. The molecule has 0 amide bonds. The van der Waals surface area contributed by atoms with E-state index < -0.39 is 11.1 Å².